The average molecular weight is 636 g/mol. The molecule has 4 N–H and O–H groups in total. The highest BCUT2D eigenvalue weighted by atomic mass is 16.6. The molecule has 11 nitrogen and oxygen atoms in total. The smallest absolute Gasteiger partial charge is 0.325 e. The molecular formula is C34H65N7O4. The molecule has 4 aliphatic rings. The average Bonchev–Trinajstić information content (AvgIpc) is 3.01. The monoisotopic (exact) mass is 636 g/mol. The van der Waals surface area contributed by atoms with Gasteiger partial charge in [0.25, 0.3) is 0 Å². The summed E-state index contributed by atoms with van der Waals surface area (Å²) in [4.78, 5) is 32.0. The number of carbonyl (C=O) groups is 2. The van der Waals surface area contributed by atoms with E-state index in [-0.39, 0.29) is 30.6 Å². The van der Waals surface area contributed by atoms with E-state index in [4.69, 9.17) is 9.47 Å². The summed E-state index contributed by atoms with van der Waals surface area (Å²) in [5, 5.41) is 14.0. The fourth-order valence-electron chi connectivity index (χ4n) is 7.50. The fraction of sp³-hybridized carbons (Fsp3) is 0.941. The Kier molecular flexibility index (Phi) is 14.8. The van der Waals surface area contributed by atoms with E-state index >= 15 is 0 Å². The van der Waals surface area contributed by atoms with Gasteiger partial charge in [-0.2, -0.15) is 0 Å². The van der Waals surface area contributed by atoms with Gasteiger partial charge < -0.3 is 24.6 Å². The third-order valence-corrected chi connectivity index (χ3v) is 10.2. The van der Waals surface area contributed by atoms with Crippen LogP contribution in [0, 0.1) is 17.8 Å². The first kappa shape index (κ1) is 36.5. The molecule has 2 saturated carbocycles. The van der Waals surface area contributed by atoms with Gasteiger partial charge in [0.15, 0.2) is 0 Å². The second kappa shape index (κ2) is 18.3. The van der Waals surface area contributed by atoms with E-state index in [1.807, 2.05) is 20.8 Å². The van der Waals surface area contributed by atoms with Gasteiger partial charge >= 0.3 is 5.97 Å². The maximum Gasteiger partial charge on any atom is 0.325 e. The van der Waals surface area contributed by atoms with Crippen molar-refractivity contribution in [2.75, 3.05) is 86.1 Å². The number of nitrogens with zero attached hydrogens (tertiary/aromatic N) is 3. The van der Waals surface area contributed by atoms with Crippen molar-refractivity contribution in [1.82, 2.24) is 36.0 Å². The van der Waals surface area contributed by atoms with Crippen LogP contribution in [0.3, 0.4) is 0 Å². The number of hydrogen-bond acceptors (Lipinski definition) is 10. The van der Waals surface area contributed by atoms with Crippen LogP contribution in [-0.2, 0) is 19.1 Å². The summed E-state index contributed by atoms with van der Waals surface area (Å²) in [5.41, 5.74) is -0.535. The summed E-state index contributed by atoms with van der Waals surface area (Å²) in [6.07, 6.45) is 10.3. The van der Waals surface area contributed by atoms with Gasteiger partial charge in [-0.15, -0.1) is 0 Å². The van der Waals surface area contributed by atoms with Crippen molar-refractivity contribution >= 4 is 11.9 Å². The minimum absolute atomic E-state index is 0.000427. The molecule has 260 valence electrons. The minimum atomic E-state index is -0.535. The zero-order valence-corrected chi connectivity index (χ0v) is 29.1. The van der Waals surface area contributed by atoms with E-state index < -0.39 is 5.60 Å². The van der Waals surface area contributed by atoms with E-state index in [1.54, 1.807) is 0 Å². The molecule has 4 fully saturated rings. The summed E-state index contributed by atoms with van der Waals surface area (Å²) in [6.45, 7) is 16.5. The van der Waals surface area contributed by atoms with E-state index in [9.17, 15) is 9.59 Å². The maximum atomic E-state index is 12.6. The van der Waals surface area contributed by atoms with Crippen LogP contribution in [0.25, 0.3) is 0 Å². The lowest BCUT2D eigenvalue weighted by Crippen LogP contribution is -2.63. The molecule has 45 heavy (non-hydrogen) atoms. The third kappa shape index (κ3) is 13.4. The number of rotatable bonds is 14. The van der Waals surface area contributed by atoms with Gasteiger partial charge in [-0.1, -0.05) is 0 Å². The number of piperazine rings is 1. The Morgan fingerprint density at radius 1 is 0.844 bits per heavy atom. The Morgan fingerprint density at radius 2 is 1.47 bits per heavy atom. The Hall–Kier alpha value is -1.34. The highest BCUT2D eigenvalue weighted by Gasteiger charge is 2.34. The Bertz CT molecular complexity index is 868. The normalized spacial score (nSPS) is 30.7. The van der Waals surface area contributed by atoms with Crippen molar-refractivity contribution in [2.24, 2.45) is 17.8 Å². The topological polar surface area (TPSA) is 110 Å². The SMILES string of the molecule is CN(C)CCCN1CCN(CCOC2CCC(NC3NCC(C4CCC(C(=O)NCC(=O)OC(C)(C)C)CC4)CN3)CC2)CC1. The Balaban J connectivity index is 1.01. The summed E-state index contributed by atoms with van der Waals surface area (Å²) >= 11 is 0. The third-order valence-electron chi connectivity index (χ3n) is 10.2. The van der Waals surface area contributed by atoms with Crippen LogP contribution in [-0.4, -0.2) is 137 Å². The number of esters is 1. The molecule has 11 heteroatoms. The van der Waals surface area contributed by atoms with Crippen molar-refractivity contribution in [2.45, 2.75) is 103 Å². The number of carbonyl (C=O) groups excluding carboxylic acids is 2. The minimum Gasteiger partial charge on any atom is -0.459 e. The molecular weight excluding hydrogens is 570 g/mol. The molecule has 0 atom stereocenters. The van der Waals surface area contributed by atoms with Gasteiger partial charge in [-0.25, -0.2) is 0 Å². The van der Waals surface area contributed by atoms with Gasteiger partial charge in [0.2, 0.25) is 5.91 Å². The number of hydrogen-bond donors (Lipinski definition) is 4. The molecule has 4 rings (SSSR count). The van der Waals surface area contributed by atoms with E-state index in [0.717, 1.165) is 64.8 Å². The highest BCUT2D eigenvalue weighted by molar-refractivity contribution is 5.83. The first-order chi connectivity index (χ1) is 21.5. The highest BCUT2D eigenvalue weighted by Crippen LogP contribution is 2.34. The maximum absolute atomic E-state index is 12.6. The largest absolute Gasteiger partial charge is 0.459 e. The number of nitrogens with one attached hydrogen (secondary N) is 4. The van der Waals surface area contributed by atoms with Crippen molar-refractivity contribution in [3.63, 3.8) is 0 Å². The molecule has 2 saturated heterocycles. The summed E-state index contributed by atoms with van der Waals surface area (Å²) < 4.78 is 11.6. The lowest BCUT2D eigenvalue weighted by molar-refractivity contribution is -0.154. The zero-order chi connectivity index (χ0) is 32.2. The standard InChI is InChI=1S/C34H65N7O4/c1-34(2,3)45-31(42)25-35-32(43)27-9-7-26(8-10-27)28-23-36-33(37-24-28)38-29-11-13-30(14-12-29)44-22-21-41-19-17-40(18-20-41)16-6-15-39(4)5/h26-30,33,36-38H,6-25H2,1-5H3,(H,35,43). The molecule has 0 aromatic carbocycles. The molecule has 0 unspecified atom stereocenters. The molecule has 2 aliphatic carbocycles. The zero-order valence-electron chi connectivity index (χ0n) is 29.1. The lowest BCUT2D eigenvalue weighted by Gasteiger charge is -2.40. The van der Waals surface area contributed by atoms with Crippen LogP contribution in [0.1, 0.15) is 78.6 Å². The molecule has 0 bridgehead atoms. The first-order valence-electron chi connectivity index (χ1n) is 18.0. The molecule has 0 aromatic heterocycles. The van der Waals surface area contributed by atoms with Crippen molar-refractivity contribution in [3.05, 3.63) is 0 Å². The van der Waals surface area contributed by atoms with Gasteiger partial charge in [0.05, 0.1) is 12.7 Å². The molecule has 1 amide bonds. The van der Waals surface area contributed by atoms with Crippen LogP contribution >= 0.6 is 0 Å². The quantitative estimate of drug-likeness (QED) is 0.211. The molecule has 0 spiro atoms. The van der Waals surface area contributed by atoms with E-state index in [0.29, 0.717) is 24.0 Å². The lowest BCUT2D eigenvalue weighted by atomic mass is 9.75. The Morgan fingerprint density at radius 3 is 2.07 bits per heavy atom. The first-order valence-corrected chi connectivity index (χ1v) is 18.0. The predicted molar refractivity (Wildman–Crippen MR) is 179 cm³/mol. The van der Waals surface area contributed by atoms with E-state index in [2.05, 4.69) is 50.1 Å². The molecule has 2 aliphatic heterocycles. The summed E-state index contributed by atoms with van der Waals surface area (Å²) in [6, 6.07) is 0.529. The predicted octanol–water partition coefficient (Wildman–Crippen LogP) is 1.83. The van der Waals surface area contributed by atoms with Crippen molar-refractivity contribution in [3.8, 4) is 0 Å². The van der Waals surface area contributed by atoms with Gasteiger partial charge in [0, 0.05) is 57.8 Å². The second-order valence-electron chi connectivity index (χ2n) is 15.3. The van der Waals surface area contributed by atoms with Crippen LogP contribution in [0.15, 0.2) is 0 Å². The van der Waals surface area contributed by atoms with E-state index in [1.165, 1.54) is 58.5 Å². The van der Waals surface area contributed by atoms with Crippen LogP contribution < -0.4 is 21.3 Å². The fourth-order valence-corrected chi connectivity index (χ4v) is 7.50. The molecule has 0 radical (unpaired) electrons. The summed E-state index contributed by atoms with van der Waals surface area (Å²) in [5.74, 6) is 0.828. The number of ether oxygens (including phenoxy) is 2. The molecule has 0 aromatic rings. The summed E-state index contributed by atoms with van der Waals surface area (Å²) in [7, 11) is 4.31. The van der Waals surface area contributed by atoms with Gasteiger partial charge in [-0.05, 0) is 118 Å². The van der Waals surface area contributed by atoms with Crippen LogP contribution in [0.2, 0.25) is 0 Å². The Labute approximate surface area is 273 Å². The van der Waals surface area contributed by atoms with Crippen LogP contribution in [0.5, 0.6) is 0 Å². The van der Waals surface area contributed by atoms with Crippen molar-refractivity contribution < 1.29 is 19.1 Å². The van der Waals surface area contributed by atoms with Gasteiger partial charge in [-0.3, -0.25) is 30.4 Å². The van der Waals surface area contributed by atoms with Gasteiger partial charge in [0.1, 0.15) is 18.4 Å². The second-order valence-corrected chi connectivity index (χ2v) is 15.3. The van der Waals surface area contributed by atoms with Crippen molar-refractivity contribution in [1.29, 1.82) is 0 Å². The number of amides is 1. The molecule has 2 heterocycles. The van der Waals surface area contributed by atoms with Crippen LogP contribution in [0.4, 0.5) is 0 Å².